The maximum Gasteiger partial charge on any atom is 0.434 e. The van der Waals surface area contributed by atoms with Crippen LogP contribution in [0.5, 0.6) is 0 Å². The van der Waals surface area contributed by atoms with Crippen LogP contribution in [-0.2, 0) is 22.6 Å². The lowest BCUT2D eigenvalue weighted by atomic mass is 10.2. The van der Waals surface area contributed by atoms with Crippen molar-refractivity contribution in [2.75, 3.05) is 12.3 Å². The fourth-order valence-electron chi connectivity index (χ4n) is 3.52. The second kappa shape index (κ2) is 9.99. The summed E-state index contributed by atoms with van der Waals surface area (Å²) in [4.78, 5) is 40.6. The van der Waals surface area contributed by atoms with Gasteiger partial charge in [0.25, 0.3) is 0 Å². The van der Waals surface area contributed by atoms with Crippen molar-refractivity contribution < 1.29 is 19.2 Å². The molecule has 0 aromatic carbocycles. The number of hydrogen-bond acceptors (Lipinski definition) is 9. The minimum atomic E-state index is -0.652. The first-order chi connectivity index (χ1) is 15.9. The lowest BCUT2D eigenvalue weighted by Crippen LogP contribution is -2.54. The predicted octanol–water partition coefficient (Wildman–Crippen LogP) is 2.03. The van der Waals surface area contributed by atoms with Crippen molar-refractivity contribution in [2.24, 2.45) is 0 Å². The van der Waals surface area contributed by atoms with Gasteiger partial charge in [0.1, 0.15) is 36.3 Å². The lowest BCUT2D eigenvalue weighted by molar-refractivity contribution is -0.396. The molecule has 1 N–H and O–H groups in total. The Hall–Kier alpha value is -3.16. The highest BCUT2D eigenvalue weighted by Crippen LogP contribution is 2.39. The van der Waals surface area contributed by atoms with Crippen LogP contribution in [0, 0.1) is 10.1 Å². The van der Waals surface area contributed by atoms with E-state index in [0.29, 0.717) is 31.0 Å². The third-order valence-electron chi connectivity index (χ3n) is 5.02. The number of aryl methyl sites for hydroxylation is 1. The van der Waals surface area contributed by atoms with Crippen LogP contribution >= 0.6 is 11.8 Å². The van der Waals surface area contributed by atoms with Gasteiger partial charge >= 0.3 is 12.0 Å². The molecular formula is C20H30N8O5S. The summed E-state index contributed by atoms with van der Waals surface area (Å²) in [5, 5.41) is 21.9. The number of carbonyl (C=O) groups excluding carboxylic acids is 2. The molecule has 13 nitrogen and oxygen atoms in total. The van der Waals surface area contributed by atoms with Crippen LogP contribution in [0.15, 0.2) is 18.6 Å². The van der Waals surface area contributed by atoms with E-state index in [1.165, 1.54) is 33.6 Å². The van der Waals surface area contributed by atoms with E-state index in [2.05, 4.69) is 20.6 Å². The van der Waals surface area contributed by atoms with Gasteiger partial charge in [-0.15, -0.1) is 16.9 Å². The molecular weight excluding hydrogens is 464 g/mol. The highest BCUT2D eigenvalue weighted by atomic mass is 32.2. The Morgan fingerprint density at radius 3 is 2.79 bits per heavy atom. The summed E-state index contributed by atoms with van der Waals surface area (Å²) < 4.78 is 8.51. The summed E-state index contributed by atoms with van der Waals surface area (Å²) in [5.41, 5.74) is -0.0932. The minimum Gasteiger partial charge on any atom is -0.444 e. The molecule has 3 heterocycles. The molecule has 0 aliphatic carbocycles. The fourth-order valence-corrected chi connectivity index (χ4v) is 4.72. The van der Waals surface area contributed by atoms with E-state index < -0.39 is 27.5 Å². The largest absolute Gasteiger partial charge is 0.444 e. The summed E-state index contributed by atoms with van der Waals surface area (Å²) in [6.07, 6.45) is 4.66. The topological polar surface area (TPSA) is 150 Å². The first-order valence-corrected chi connectivity index (χ1v) is 11.8. The molecule has 186 valence electrons. The Bertz CT molecular complexity index is 1040. The highest BCUT2D eigenvalue weighted by molar-refractivity contribution is 8.00. The van der Waals surface area contributed by atoms with Crippen LogP contribution in [0.25, 0.3) is 0 Å². The summed E-state index contributed by atoms with van der Waals surface area (Å²) in [5.74, 6) is 0.00632. The number of thioether (sulfide) groups is 1. The lowest BCUT2D eigenvalue weighted by Gasteiger charge is -2.35. The summed E-state index contributed by atoms with van der Waals surface area (Å²) in [6, 6.07) is -0.612. The van der Waals surface area contributed by atoms with E-state index >= 15 is 0 Å². The molecule has 2 amide bonds. The van der Waals surface area contributed by atoms with Crippen molar-refractivity contribution in [1.82, 2.24) is 34.8 Å². The normalized spacial score (nSPS) is 17.6. The molecule has 1 unspecified atom stereocenters. The summed E-state index contributed by atoms with van der Waals surface area (Å²) in [7, 11) is 0. The monoisotopic (exact) mass is 494 g/mol. The predicted molar refractivity (Wildman–Crippen MR) is 124 cm³/mol. The number of rotatable bonds is 8. The Labute approximate surface area is 201 Å². The van der Waals surface area contributed by atoms with Crippen LogP contribution in [0.2, 0.25) is 0 Å². The van der Waals surface area contributed by atoms with Crippen molar-refractivity contribution in [1.29, 1.82) is 0 Å². The van der Waals surface area contributed by atoms with E-state index in [4.69, 9.17) is 4.74 Å². The minimum absolute atomic E-state index is 0.183. The maximum atomic E-state index is 12.8. The molecule has 34 heavy (non-hydrogen) atoms. The molecule has 2 aromatic heterocycles. The number of hydrogen-bond donors (Lipinski definition) is 1. The van der Waals surface area contributed by atoms with Gasteiger partial charge in [-0.1, -0.05) is 10.2 Å². The van der Waals surface area contributed by atoms with Crippen LogP contribution in [-0.4, -0.2) is 75.2 Å². The van der Waals surface area contributed by atoms with Gasteiger partial charge in [0, 0.05) is 18.8 Å². The highest BCUT2D eigenvalue weighted by Gasteiger charge is 2.48. The summed E-state index contributed by atoms with van der Waals surface area (Å²) in [6.45, 7) is 10.3. The van der Waals surface area contributed by atoms with Gasteiger partial charge in [-0.2, -0.15) is 0 Å². The van der Waals surface area contributed by atoms with Crippen LogP contribution in [0.3, 0.4) is 0 Å². The molecule has 0 radical (unpaired) electrons. The molecule has 1 aliphatic heterocycles. The Balaban J connectivity index is 1.49. The van der Waals surface area contributed by atoms with Gasteiger partial charge in [0.15, 0.2) is 0 Å². The first kappa shape index (κ1) is 25.5. The number of amides is 2. The zero-order valence-corrected chi connectivity index (χ0v) is 20.7. The number of nitro groups is 1. The number of nitrogens with zero attached hydrogens (tertiary/aromatic N) is 7. The molecule has 1 atom stereocenters. The van der Waals surface area contributed by atoms with Gasteiger partial charge in [-0.3, -0.25) is 14.4 Å². The van der Waals surface area contributed by atoms with E-state index in [-0.39, 0.29) is 18.4 Å². The third kappa shape index (κ3) is 6.24. The molecule has 0 spiro atoms. The quantitative estimate of drug-likeness (QED) is 0.330. The smallest absolute Gasteiger partial charge is 0.434 e. The Morgan fingerprint density at radius 1 is 1.38 bits per heavy atom. The van der Waals surface area contributed by atoms with Gasteiger partial charge < -0.3 is 20.2 Å². The molecule has 2 aromatic rings. The van der Waals surface area contributed by atoms with Gasteiger partial charge in [-0.25, -0.2) is 9.36 Å². The number of nitrogens with one attached hydrogen (secondary N) is 1. The zero-order chi connectivity index (χ0) is 25.1. The van der Waals surface area contributed by atoms with Gasteiger partial charge in [-0.05, 0) is 46.0 Å². The van der Waals surface area contributed by atoms with E-state index in [1.807, 2.05) is 13.8 Å². The van der Waals surface area contributed by atoms with Crippen molar-refractivity contribution >= 4 is 29.7 Å². The zero-order valence-electron chi connectivity index (χ0n) is 19.9. The molecule has 0 bridgehead atoms. The van der Waals surface area contributed by atoms with Crippen molar-refractivity contribution in [3.63, 3.8) is 0 Å². The van der Waals surface area contributed by atoms with Crippen molar-refractivity contribution in [3.8, 4) is 0 Å². The molecule has 1 aliphatic rings. The maximum absolute atomic E-state index is 12.8. The van der Waals surface area contributed by atoms with Crippen molar-refractivity contribution in [2.45, 2.75) is 70.6 Å². The van der Waals surface area contributed by atoms with Crippen LogP contribution in [0.4, 0.5) is 10.7 Å². The average molecular weight is 495 g/mol. The van der Waals surface area contributed by atoms with E-state index in [1.54, 1.807) is 31.6 Å². The van der Waals surface area contributed by atoms with Gasteiger partial charge in [0.05, 0.1) is 11.1 Å². The molecule has 14 heteroatoms. The third-order valence-corrected chi connectivity index (χ3v) is 6.40. The number of ether oxygens (including phenoxy) is 1. The van der Waals surface area contributed by atoms with Gasteiger partial charge in [0.2, 0.25) is 5.91 Å². The Kier molecular flexibility index (Phi) is 7.48. The van der Waals surface area contributed by atoms with E-state index in [9.17, 15) is 19.7 Å². The van der Waals surface area contributed by atoms with Crippen molar-refractivity contribution in [3.05, 3.63) is 34.4 Å². The second-order valence-corrected chi connectivity index (χ2v) is 11.0. The SMILES string of the molecule is CC(C)(C)OC(=O)N1C(C(=O)NCCCn2cc(Cn3ccnc3[N+](=O)[O-])nn2)CSC1(C)C. The number of carbonyl (C=O) groups is 2. The number of aromatic nitrogens is 5. The van der Waals surface area contributed by atoms with Crippen LogP contribution in [0.1, 0.15) is 46.7 Å². The fraction of sp³-hybridized carbons (Fsp3) is 0.650. The van der Waals surface area contributed by atoms with Crippen LogP contribution < -0.4 is 5.32 Å². The molecule has 1 saturated heterocycles. The van der Waals surface area contributed by atoms with E-state index in [0.717, 1.165) is 0 Å². The number of imidazole rings is 1. The molecule has 3 rings (SSSR count). The average Bonchev–Trinajstić information content (AvgIpc) is 3.42. The first-order valence-electron chi connectivity index (χ1n) is 10.9. The summed E-state index contributed by atoms with van der Waals surface area (Å²) >= 11 is 1.53. The Morgan fingerprint density at radius 2 is 2.12 bits per heavy atom. The standard InChI is InChI=1S/C20H30N8O5S/c1-19(2,3)33-18(30)27-15(13-34-20(27,4)5)16(29)21-7-6-9-26-12-14(23-24-26)11-25-10-8-22-17(25)28(31)32/h8,10,12,15H,6-7,9,11,13H2,1-5H3,(H,21,29). The second-order valence-electron chi connectivity index (χ2n) is 9.35. The molecule has 0 saturated carbocycles. The molecule has 1 fully saturated rings.